The molecule has 2 heterocycles. The lowest BCUT2D eigenvalue weighted by Gasteiger charge is -2.07. The highest BCUT2D eigenvalue weighted by atomic mass is 35.5. The molecule has 0 bridgehead atoms. The first-order chi connectivity index (χ1) is 17.3. The maximum Gasteiger partial charge on any atom is 0.258 e. The molecule has 0 aliphatic rings. The Morgan fingerprint density at radius 3 is 1.65 bits per heavy atom. The molecular weight excluding hydrogens is 622 g/mol. The Balaban J connectivity index is 0.000000214. The van der Waals surface area contributed by atoms with Crippen molar-refractivity contribution in [3.8, 4) is 11.5 Å². The average Bonchev–Trinajstić information content (AvgIpc) is 3.33. The molecule has 5 N–H and O–H groups in total. The number of nitrogen functional groups attached to an aromatic ring is 1. The van der Waals surface area contributed by atoms with E-state index < -0.39 is 11.1 Å². The number of carbonyl (C=O) groups excluding carboxylic acids is 2. The molecule has 0 aliphatic carbocycles. The van der Waals surface area contributed by atoms with E-state index in [4.69, 9.17) is 68.8 Å². The van der Waals surface area contributed by atoms with Crippen molar-refractivity contribution >= 4 is 103 Å². The summed E-state index contributed by atoms with van der Waals surface area (Å²) in [5.74, 6) is -0.224. The number of anilines is 2. The van der Waals surface area contributed by atoms with Gasteiger partial charge in [0.05, 0.1) is 31.2 Å². The molecule has 4 aromatic rings. The Morgan fingerprint density at radius 1 is 0.784 bits per heavy atom. The number of hydrogen-bond acceptors (Lipinski definition) is 7. The van der Waals surface area contributed by atoms with Crippen LogP contribution in [-0.2, 0) is 0 Å². The minimum atomic E-state index is -0.576. The maximum absolute atomic E-state index is 11.9. The van der Waals surface area contributed by atoms with Gasteiger partial charge in [-0.25, -0.2) is 0 Å². The smallest absolute Gasteiger partial charge is 0.258 e. The Morgan fingerprint density at radius 2 is 1.27 bits per heavy atom. The van der Waals surface area contributed by atoms with Crippen molar-refractivity contribution in [1.29, 1.82) is 0 Å². The van der Waals surface area contributed by atoms with Gasteiger partial charge in [-0.1, -0.05) is 58.5 Å². The summed E-state index contributed by atoms with van der Waals surface area (Å²) in [6.45, 7) is 3.75. The van der Waals surface area contributed by atoms with E-state index in [-0.39, 0.29) is 17.1 Å². The van der Waals surface area contributed by atoms with Gasteiger partial charge in [-0.05, 0) is 73.0 Å². The number of phenols is 2. The van der Waals surface area contributed by atoms with Crippen LogP contribution in [0.5, 0.6) is 11.5 Å². The molecule has 13 heteroatoms. The van der Waals surface area contributed by atoms with Gasteiger partial charge < -0.3 is 21.3 Å². The van der Waals surface area contributed by atoms with Crippen LogP contribution in [0.4, 0.5) is 11.4 Å². The lowest BCUT2D eigenvalue weighted by Crippen LogP contribution is -2.11. The Bertz CT molecular complexity index is 1420. The van der Waals surface area contributed by atoms with E-state index in [1.807, 2.05) is 19.9 Å². The number of thiophene rings is 2. The van der Waals surface area contributed by atoms with Crippen LogP contribution in [0.25, 0.3) is 0 Å². The second-order valence-electron chi connectivity index (χ2n) is 7.29. The van der Waals surface area contributed by atoms with Gasteiger partial charge in [0.15, 0.2) is 0 Å². The number of nitrogens with two attached hydrogens (primary N) is 1. The molecular formula is C24H19Cl5N2O4S2. The molecule has 0 atom stereocenters. The predicted molar refractivity (Wildman–Crippen MR) is 157 cm³/mol. The van der Waals surface area contributed by atoms with Gasteiger partial charge in [0.1, 0.15) is 20.2 Å². The van der Waals surface area contributed by atoms with Crippen molar-refractivity contribution in [2.24, 2.45) is 0 Å². The molecule has 2 aromatic heterocycles. The van der Waals surface area contributed by atoms with Crippen LogP contribution in [0.3, 0.4) is 0 Å². The van der Waals surface area contributed by atoms with E-state index in [0.717, 1.165) is 33.8 Å². The van der Waals surface area contributed by atoms with Gasteiger partial charge in [-0.3, -0.25) is 9.59 Å². The van der Waals surface area contributed by atoms with Gasteiger partial charge in [-0.2, -0.15) is 0 Å². The van der Waals surface area contributed by atoms with Crippen molar-refractivity contribution in [1.82, 2.24) is 0 Å². The zero-order valence-electron chi connectivity index (χ0n) is 19.1. The van der Waals surface area contributed by atoms with Crippen LogP contribution >= 0.6 is 80.7 Å². The lowest BCUT2D eigenvalue weighted by molar-refractivity contribution is 0.102. The normalized spacial score (nSPS) is 10.0. The van der Waals surface area contributed by atoms with Crippen LogP contribution in [0.1, 0.15) is 31.8 Å². The van der Waals surface area contributed by atoms with Crippen molar-refractivity contribution in [2.45, 2.75) is 13.8 Å². The molecule has 196 valence electrons. The quantitative estimate of drug-likeness (QED) is 0.101. The number of hydrogen-bond donors (Lipinski definition) is 4. The fraction of sp³-hybridized carbons (Fsp3) is 0.0833. The first-order valence-electron chi connectivity index (χ1n) is 10.0. The zero-order chi connectivity index (χ0) is 27.9. The summed E-state index contributed by atoms with van der Waals surface area (Å²) in [6.07, 6.45) is 0. The SMILES string of the molecule is Cc1ccc(N)c(O)c1.Cc1ccc(NC(=O)c2cc(Cl)sc2Cl)c(O)c1.O=C(Cl)c1cc(Cl)sc1Cl. The minimum absolute atomic E-state index is 0.0146. The van der Waals surface area contributed by atoms with Crippen LogP contribution in [-0.4, -0.2) is 21.4 Å². The maximum atomic E-state index is 11.9. The number of phenolic OH excluding ortho intramolecular Hbond substituents is 2. The molecule has 0 aliphatic heterocycles. The fourth-order valence-corrected chi connectivity index (χ4v) is 5.73. The minimum Gasteiger partial charge on any atom is -0.506 e. The Hall–Kier alpha value is -2.17. The topological polar surface area (TPSA) is 113 Å². The first-order valence-corrected chi connectivity index (χ1v) is 13.6. The monoisotopic (exact) mass is 638 g/mol. The molecule has 1 amide bonds. The van der Waals surface area contributed by atoms with Crippen LogP contribution in [0.15, 0.2) is 48.5 Å². The molecule has 37 heavy (non-hydrogen) atoms. The summed E-state index contributed by atoms with van der Waals surface area (Å²) in [7, 11) is 0. The standard InChI is InChI=1S/C12H9Cl2NO2S.C7H9NO.C5HCl3OS/c1-6-2-3-8(9(16)4-6)15-12(17)7-5-10(13)18-11(7)14;1-5-2-3-6(8)7(9)4-5;6-3-1-2(4(7)9)5(8)10-3/h2-5,16H,1H3,(H,15,17);2-4,9H,8H2,1H3;1H. The van der Waals surface area contributed by atoms with Crippen molar-refractivity contribution in [3.63, 3.8) is 0 Å². The number of carbonyl (C=O) groups is 2. The molecule has 0 fully saturated rings. The third-order valence-corrected chi connectivity index (χ3v) is 7.54. The number of nitrogens with one attached hydrogen (secondary N) is 1. The molecule has 6 nitrogen and oxygen atoms in total. The van der Waals surface area contributed by atoms with E-state index in [1.54, 1.807) is 30.3 Å². The van der Waals surface area contributed by atoms with Gasteiger partial charge in [0, 0.05) is 0 Å². The number of amides is 1. The van der Waals surface area contributed by atoms with Crippen LogP contribution in [0, 0.1) is 13.8 Å². The van der Waals surface area contributed by atoms with Gasteiger partial charge in [0.25, 0.3) is 11.1 Å². The van der Waals surface area contributed by atoms with Crippen molar-refractivity contribution in [3.05, 3.63) is 88.1 Å². The second kappa shape index (κ2) is 14.1. The average molecular weight is 641 g/mol. The molecule has 0 saturated heterocycles. The molecule has 0 spiro atoms. The highest BCUT2D eigenvalue weighted by Gasteiger charge is 2.15. The van der Waals surface area contributed by atoms with Crippen molar-refractivity contribution in [2.75, 3.05) is 11.1 Å². The van der Waals surface area contributed by atoms with E-state index in [1.165, 1.54) is 12.1 Å². The molecule has 2 aromatic carbocycles. The van der Waals surface area contributed by atoms with Crippen molar-refractivity contribution < 1.29 is 19.8 Å². The third-order valence-electron chi connectivity index (χ3n) is 4.36. The first kappa shape index (κ1) is 31.1. The van der Waals surface area contributed by atoms with Crippen LogP contribution < -0.4 is 11.1 Å². The molecule has 0 radical (unpaired) electrons. The number of aryl methyl sites for hydroxylation is 2. The van der Waals surface area contributed by atoms with Gasteiger partial charge in [-0.15, -0.1) is 22.7 Å². The predicted octanol–water partition coefficient (Wildman–Crippen LogP) is 9.04. The summed E-state index contributed by atoms with van der Waals surface area (Å²) in [5, 5.41) is 20.7. The number of benzene rings is 2. The van der Waals surface area contributed by atoms with Crippen LogP contribution in [0.2, 0.25) is 17.3 Å². The summed E-state index contributed by atoms with van der Waals surface area (Å²) >= 11 is 30.1. The zero-order valence-corrected chi connectivity index (χ0v) is 24.5. The highest BCUT2D eigenvalue weighted by Crippen LogP contribution is 2.33. The summed E-state index contributed by atoms with van der Waals surface area (Å²) in [4.78, 5) is 22.4. The fourth-order valence-electron chi connectivity index (χ4n) is 2.56. The van der Waals surface area contributed by atoms with Gasteiger partial charge in [0.2, 0.25) is 0 Å². The number of halogens is 5. The summed E-state index contributed by atoms with van der Waals surface area (Å²) < 4.78 is 1.57. The van der Waals surface area contributed by atoms with E-state index >= 15 is 0 Å². The molecule has 4 rings (SSSR count). The third kappa shape index (κ3) is 9.57. The summed E-state index contributed by atoms with van der Waals surface area (Å²) in [6, 6.07) is 13.1. The van der Waals surface area contributed by atoms with E-state index in [0.29, 0.717) is 34.3 Å². The number of rotatable bonds is 3. The molecule has 0 unspecified atom stereocenters. The molecule has 0 saturated carbocycles. The Kier molecular flexibility index (Phi) is 11.8. The van der Waals surface area contributed by atoms with Gasteiger partial charge >= 0.3 is 0 Å². The Labute approximate surface area is 246 Å². The summed E-state index contributed by atoms with van der Waals surface area (Å²) in [5.41, 5.74) is 8.60. The second-order valence-corrected chi connectivity index (χ2v) is 12.2. The largest absolute Gasteiger partial charge is 0.506 e. The van der Waals surface area contributed by atoms with E-state index in [9.17, 15) is 14.7 Å². The van der Waals surface area contributed by atoms with E-state index in [2.05, 4.69) is 5.32 Å². The highest BCUT2D eigenvalue weighted by molar-refractivity contribution is 7.20. The number of aromatic hydroxyl groups is 2. The lowest BCUT2D eigenvalue weighted by atomic mass is 10.2.